The first kappa shape index (κ1) is 14.3. The van der Waals surface area contributed by atoms with Crippen LogP contribution in [0.5, 0.6) is 5.75 Å². The summed E-state index contributed by atoms with van der Waals surface area (Å²) in [6, 6.07) is 4.87. The van der Waals surface area contributed by atoms with Crippen molar-refractivity contribution >= 4 is 0 Å². The van der Waals surface area contributed by atoms with Crippen molar-refractivity contribution in [3.05, 3.63) is 29.6 Å². The van der Waals surface area contributed by atoms with Gasteiger partial charge >= 0.3 is 0 Å². The summed E-state index contributed by atoms with van der Waals surface area (Å²) in [4.78, 5) is 2.16. The molecule has 1 atom stereocenters. The van der Waals surface area contributed by atoms with Gasteiger partial charge in [0.1, 0.15) is 0 Å². The number of ether oxygens (including phenoxy) is 1. The molecular weight excluding hydrogens is 243 g/mol. The third-order valence-corrected chi connectivity index (χ3v) is 4.49. The molecule has 1 aliphatic rings. The van der Waals surface area contributed by atoms with Crippen LogP contribution in [0.4, 0.5) is 4.39 Å². The average molecular weight is 266 g/mol. The second-order valence-electron chi connectivity index (χ2n) is 5.55. The Morgan fingerprint density at radius 1 is 1.32 bits per heavy atom. The predicted molar refractivity (Wildman–Crippen MR) is 74.8 cm³/mol. The molecule has 1 fully saturated rings. The zero-order valence-electron chi connectivity index (χ0n) is 11.9. The molecule has 0 amide bonds. The van der Waals surface area contributed by atoms with Crippen LogP contribution < -0.4 is 10.5 Å². The van der Waals surface area contributed by atoms with E-state index in [0.717, 1.165) is 25.7 Å². The molecule has 1 saturated carbocycles. The Hall–Kier alpha value is -1.13. The van der Waals surface area contributed by atoms with Crippen LogP contribution in [-0.2, 0) is 0 Å². The molecule has 0 bridgehead atoms. The summed E-state index contributed by atoms with van der Waals surface area (Å²) in [5, 5.41) is 0. The minimum Gasteiger partial charge on any atom is -0.494 e. The molecule has 2 rings (SSSR count). The molecule has 1 unspecified atom stereocenters. The van der Waals surface area contributed by atoms with Crippen molar-refractivity contribution in [2.45, 2.75) is 37.3 Å². The molecule has 0 saturated heterocycles. The fourth-order valence-corrected chi connectivity index (χ4v) is 3.24. The van der Waals surface area contributed by atoms with Gasteiger partial charge in [0.2, 0.25) is 0 Å². The zero-order valence-corrected chi connectivity index (χ0v) is 11.9. The minimum atomic E-state index is -0.333. The number of halogens is 1. The van der Waals surface area contributed by atoms with Crippen LogP contribution in [0.1, 0.15) is 37.3 Å². The lowest BCUT2D eigenvalue weighted by Crippen LogP contribution is -2.50. The molecule has 4 heteroatoms. The molecule has 1 aliphatic carbocycles. The molecule has 1 aromatic rings. The quantitative estimate of drug-likeness (QED) is 0.910. The predicted octanol–water partition coefficient (Wildman–Crippen LogP) is 2.71. The first-order valence-corrected chi connectivity index (χ1v) is 6.78. The van der Waals surface area contributed by atoms with Crippen LogP contribution in [0, 0.1) is 5.82 Å². The molecule has 3 nitrogen and oxygen atoms in total. The number of benzene rings is 1. The number of nitrogens with zero attached hydrogens (tertiary/aromatic N) is 1. The number of methoxy groups -OCH3 is 1. The van der Waals surface area contributed by atoms with E-state index in [1.807, 2.05) is 14.1 Å². The highest BCUT2D eigenvalue weighted by atomic mass is 19.1. The van der Waals surface area contributed by atoms with Gasteiger partial charge < -0.3 is 15.4 Å². The Morgan fingerprint density at radius 3 is 2.47 bits per heavy atom. The van der Waals surface area contributed by atoms with Crippen LogP contribution in [-0.4, -0.2) is 31.6 Å². The Kier molecular flexibility index (Phi) is 4.11. The normalized spacial score (nSPS) is 19.7. The van der Waals surface area contributed by atoms with Crippen molar-refractivity contribution < 1.29 is 9.13 Å². The Labute approximate surface area is 114 Å². The number of nitrogens with two attached hydrogens (primary N) is 1. The molecule has 0 spiro atoms. The first-order valence-electron chi connectivity index (χ1n) is 6.78. The maximum Gasteiger partial charge on any atom is 0.169 e. The molecule has 0 aliphatic heterocycles. The molecule has 0 heterocycles. The van der Waals surface area contributed by atoms with Gasteiger partial charge in [-0.25, -0.2) is 4.39 Å². The van der Waals surface area contributed by atoms with Gasteiger partial charge in [0.25, 0.3) is 0 Å². The van der Waals surface area contributed by atoms with E-state index in [1.165, 1.54) is 7.11 Å². The van der Waals surface area contributed by atoms with E-state index in [4.69, 9.17) is 10.5 Å². The van der Waals surface area contributed by atoms with Crippen molar-refractivity contribution in [2.75, 3.05) is 21.2 Å². The second kappa shape index (κ2) is 5.47. The van der Waals surface area contributed by atoms with Crippen molar-refractivity contribution in [2.24, 2.45) is 5.73 Å². The van der Waals surface area contributed by atoms with Crippen LogP contribution in [0.3, 0.4) is 0 Å². The summed E-state index contributed by atoms with van der Waals surface area (Å²) in [5.74, 6) is -0.0644. The van der Waals surface area contributed by atoms with E-state index in [9.17, 15) is 4.39 Å². The van der Waals surface area contributed by atoms with Gasteiger partial charge in [-0.05, 0) is 33.0 Å². The summed E-state index contributed by atoms with van der Waals surface area (Å²) in [6.07, 6.45) is 4.32. The summed E-state index contributed by atoms with van der Waals surface area (Å²) in [7, 11) is 5.54. The molecule has 2 N–H and O–H groups in total. The summed E-state index contributed by atoms with van der Waals surface area (Å²) in [6.45, 7) is 0. The highest BCUT2D eigenvalue weighted by molar-refractivity contribution is 5.35. The lowest BCUT2D eigenvalue weighted by Gasteiger charge is -2.41. The number of likely N-dealkylation sites (N-methyl/N-ethyl adjacent to an activating group) is 1. The van der Waals surface area contributed by atoms with Gasteiger partial charge in [-0.1, -0.05) is 25.0 Å². The molecule has 19 heavy (non-hydrogen) atoms. The van der Waals surface area contributed by atoms with Crippen molar-refractivity contribution in [1.29, 1.82) is 0 Å². The van der Waals surface area contributed by atoms with E-state index in [-0.39, 0.29) is 23.1 Å². The number of hydrogen-bond donors (Lipinski definition) is 1. The van der Waals surface area contributed by atoms with Gasteiger partial charge in [-0.3, -0.25) is 0 Å². The Balaban J connectivity index is 2.40. The van der Waals surface area contributed by atoms with E-state index in [1.54, 1.807) is 18.2 Å². The highest BCUT2D eigenvalue weighted by Crippen LogP contribution is 2.43. The molecule has 1 aromatic carbocycles. The molecular formula is C15H23FN2O. The summed E-state index contributed by atoms with van der Waals surface area (Å²) in [5.41, 5.74) is 6.83. The van der Waals surface area contributed by atoms with Gasteiger partial charge in [0, 0.05) is 11.1 Å². The average Bonchev–Trinajstić information content (AvgIpc) is 2.89. The summed E-state index contributed by atoms with van der Waals surface area (Å²) < 4.78 is 19.4. The number of rotatable bonds is 4. The molecule has 106 valence electrons. The highest BCUT2D eigenvalue weighted by Gasteiger charge is 2.43. The van der Waals surface area contributed by atoms with Crippen LogP contribution in [0.25, 0.3) is 0 Å². The zero-order chi connectivity index (χ0) is 14.0. The van der Waals surface area contributed by atoms with E-state index < -0.39 is 0 Å². The van der Waals surface area contributed by atoms with Gasteiger partial charge in [-0.2, -0.15) is 0 Å². The standard InChI is InChI=1S/C15H23FN2O/c1-18(2)15(9-4-5-10-15)14(17)11-7-6-8-12(19-3)13(11)16/h6-8,14H,4-5,9-10,17H2,1-3H3. The fourth-order valence-electron chi connectivity index (χ4n) is 3.24. The lowest BCUT2D eigenvalue weighted by molar-refractivity contribution is 0.121. The first-order chi connectivity index (χ1) is 9.03. The topological polar surface area (TPSA) is 38.5 Å². The largest absolute Gasteiger partial charge is 0.494 e. The number of hydrogen-bond acceptors (Lipinski definition) is 3. The van der Waals surface area contributed by atoms with Gasteiger partial charge in [0.15, 0.2) is 11.6 Å². The van der Waals surface area contributed by atoms with E-state index in [0.29, 0.717) is 5.56 Å². The van der Waals surface area contributed by atoms with Crippen LogP contribution >= 0.6 is 0 Å². The van der Waals surface area contributed by atoms with Crippen molar-refractivity contribution in [3.8, 4) is 5.75 Å². The van der Waals surface area contributed by atoms with Gasteiger partial charge in [-0.15, -0.1) is 0 Å². The Morgan fingerprint density at radius 2 is 1.95 bits per heavy atom. The summed E-state index contributed by atoms with van der Waals surface area (Å²) >= 11 is 0. The molecule has 0 aromatic heterocycles. The minimum absolute atomic E-state index is 0.146. The van der Waals surface area contributed by atoms with Gasteiger partial charge in [0.05, 0.1) is 13.2 Å². The maximum atomic E-state index is 14.4. The van der Waals surface area contributed by atoms with E-state index >= 15 is 0 Å². The molecule has 0 radical (unpaired) electrons. The smallest absolute Gasteiger partial charge is 0.169 e. The van der Waals surface area contributed by atoms with E-state index in [2.05, 4.69) is 4.90 Å². The second-order valence-corrected chi connectivity index (χ2v) is 5.55. The Bertz CT molecular complexity index is 442. The maximum absolute atomic E-state index is 14.4. The third-order valence-electron chi connectivity index (χ3n) is 4.49. The van der Waals surface area contributed by atoms with Crippen LogP contribution in [0.2, 0.25) is 0 Å². The van der Waals surface area contributed by atoms with Crippen molar-refractivity contribution in [3.63, 3.8) is 0 Å². The SMILES string of the molecule is COc1cccc(C(N)C2(N(C)C)CCCC2)c1F. The monoisotopic (exact) mass is 266 g/mol. The lowest BCUT2D eigenvalue weighted by atomic mass is 9.83. The fraction of sp³-hybridized carbons (Fsp3) is 0.600. The van der Waals surface area contributed by atoms with Crippen LogP contribution in [0.15, 0.2) is 18.2 Å². The van der Waals surface area contributed by atoms with Crippen molar-refractivity contribution in [1.82, 2.24) is 4.90 Å². The third kappa shape index (κ3) is 2.35.